The monoisotopic (exact) mass is 383 g/mol. The molecular formula is C23H17N3O3. The summed E-state index contributed by atoms with van der Waals surface area (Å²) in [5, 5.41) is 3.64. The van der Waals surface area contributed by atoms with Gasteiger partial charge in [0, 0.05) is 17.1 Å². The Hall–Kier alpha value is -3.93. The molecule has 1 aliphatic heterocycles. The normalized spacial score (nSPS) is 12.6. The van der Waals surface area contributed by atoms with Crippen LogP contribution in [0.15, 0.2) is 72.9 Å². The predicted octanol–water partition coefficient (Wildman–Crippen LogP) is 4.32. The molecule has 1 aliphatic rings. The minimum absolute atomic E-state index is 0.235. The van der Waals surface area contributed by atoms with Gasteiger partial charge in [0.1, 0.15) is 19.0 Å². The number of aromatic nitrogens is 2. The van der Waals surface area contributed by atoms with Crippen LogP contribution in [0.2, 0.25) is 0 Å². The maximum absolute atomic E-state index is 13.0. The molecule has 0 aliphatic carbocycles. The van der Waals surface area contributed by atoms with Crippen LogP contribution in [-0.2, 0) is 0 Å². The first-order chi connectivity index (χ1) is 14.3. The molecule has 142 valence electrons. The van der Waals surface area contributed by atoms with E-state index in [-0.39, 0.29) is 5.91 Å². The molecule has 0 saturated heterocycles. The molecule has 0 fully saturated rings. The third-order valence-corrected chi connectivity index (χ3v) is 4.71. The van der Waals surface area contributed by atoms with E-state index in [9.17, 15) is 4.79 Å². The molecule has 6 nitrogen and oxygen atoms in total. The Balaban J connectivity index is 1.60. The molecule has 6 heteroatoms. The lowest BCUT2D eigenvalue weighted by Gasteiger charge is -2.19. The van der Waals surface area contributed by atoms with Crippen molar-refractivity contribution in [3.63, 3.8) is 0 Å². The summed E-state index contributed by atoms with van der Waals surface area (Å²) in [7, 11) is 0. The minimum Gasteiger partial charge on any atom is -0.486 e. The van der Waals surface area contributed by atoms with Crippen LogP contribution in [0, 0.1) is 0 Å². The zero-order valence-corrected chi connectivity index (χ0v) is 15.5. The van der Waals surface area contributed by atoms with E-state index in [0.29, 0.717) is 41.8 Å². The molecule has 0 unspecified atom stereocenters. The molecule has 5 rings (SSSR count). The highest BCUT2D eigenvalue weighted by molar-refractivity contribution is 6.12. The Morgan fingerprint density at radius 1 is 0.897 bits per heavy atom. The lowest BCUT2D eigenvalue weighted by Crippen LogP contribution is -2.15. The van der Waals surface area contributed by atoms with Crippen molar-refractivity contribution in [1.29, 1.82) is 0 Å². The van der Waals surface area contributed by atoms with E-state index >= 15 is 0 Å². The number of nitrogens with one attached hydrogen (secondary N) is 1. The molecule has 1 amide bonds. The van der Waals surface area contributed by atoms with Crippen LogP contribution in [0.1, 0.15) is 10.4 Å². The number of hydrogen-bond acceptors (Lipinski definition) is 5. The maximum Gasteiger partial charge on any atom is 0.257 e. The van der Waals surface area contributed by atoms with E-state index in [4.69, 9.17) is 14.5 Å². The van der Waals surface area contributed by atoms with Crippen LogP contribution < -0.4 is 14.8 Å². The summed E-state index contributed by atoms with van der Waals surface area (Å²) in [5.41, 5.74) is 2.82. The molecule has 0 bridgehead atoms. The highest BCUT2D eigenvalue weighted by Gasteiger charge is 2.17. The summed E-state index contributed by atoms with van der Waals surface area (Å²) >= 11 is 0. The standard InChI is InChI=1S/C23H17N3O3/c27-23(26-22-7-3-4-10-24-22)17-14-19(25-18-6-2-1-5-16(17)18)15-8-9-20-21(13-15)29-12-11-28-20/h1-10,13-14H,11-12H2,(H,24,26,27). The second kappa shape index (κ2) is 7.24. The van der Waals surface area contributed by atoms with Gasteiger partial charge in [0.05, 0.1) is 16.8 Å². The van der Waals surface area contributed by atoms with Crippen molar-refractivity contribution in [1.82, 2.24) is 9.97 Å². The number of carbonyl (C=O) groups is 1. The quantitative estimate of drug-likeness (QED) is 0.570. The molecule has 0 atom stereocenters. The summed E-state index contributed by atoms with van der Waals surface area (Å²) in [6.45, 7) is 1.05. The summed E-state index contributed by atoms with van der Waals surface area (Å²) in [5.74, 6) is 1.66. The van der Waals surface area contributed by atoms with E-state index in [0.717, 1.165) is 16.5 Å². The zero-order chi connectivity index (χ0) is 19.6. The van der Waals surface area contributed by atoms with E-state index in [1.807, 2.05) is 48.5 Å². The first-order valence-electron chi connectivity index (χ1n) is 9.30. The van der Waals surface area contributed by atoms with Crippen molar-refractivity contribution in [2.45, 2.75) is 0 Å². The van der Waals surface area contributed by atoms with Gasteiger partial charge in [-0.3, -0.25) is 4.79 Å². The maximum atomic E-state index is 13.0. The number of benzene rings is 2. The number of amides is 1. The predicted molar refractivity (Wildman–Crippen MR) is 110 cm³/mol. The Kier molecular flexibility index (Phi) is 4.29. The minimum atomic E-state index is -0.235. The van der Waals surface area contributed by atoms with Gasteiger partial charge in [0.15, 0.2) is 11.5 Å². The molecule has 1 N–H and O–H groups in total. The Morgan fingerprint density at radius 2 is 1.72 bits per heavy atom. The Bertz CT molecular complexity index is 1210. The third kappa shape index (κ3) is 3.36. The van der Waals surface area contributed by atoms with Gasteiger partial charge in [-0.2, -0.15) is 0 Å². The largest absolute Gasteiger partial charge is 0.486 e. The van der Waals surface area contributed by atoms with Gasteiger partial charge < -0.3 is 14.8 Å². The van der Waals surface area contributed by atoms with Crippen molar-refractivity contribution in [3.8, 4) is 22.8 Å². The van der Waals surface area contributed by atoms with E-state index in [2.05, 4.69) is 10.3 Å². The van der Waals surface area contributed by atoms with Crippen molar-refractivity contribution >= 4 is 22.6 Å². The first-order valence-corrected chi connectivity index (χ1v) is 9.30. The van der Waals surface area contributed by atoms with Crippen LogP contribution >= 0.6 is 0 Å². The van der Waals surface area contributed by atoms with Crippen LogP contribution in [0.5, 0.6) is 11.5 Å². The average Bonchev–Trinajstić information content (AvgIpc) is 2.78. The Labute approximate surface area is 167 Å². The number of para-hydroxylation sites is 1. The fourth-order valence-electron chi connectivity index (χ4n) is 3.33. The number of nitrogens with zero attached hydrogens (tertiary/aromatic N) is 2. The van der Waals surface area contributed by atoms with E-state index < -0.39 is 0 Å². The molecule has 4 aromatic rings. The average molecular weight is 383 g/mol. The number of carbonyl (C=O) groups excluding carboxylic acids is 1. The zero-order valence-electron chi connectivity index (χ0n) is 15.5. The molecule has 29 heavy (non-hydrogen) atoms. The summed E-state index contributed by atoms with van der Waals surface area (Å²) in [6, 6.07) is 20.5. The summed E-state index contributed by atoms with van der Waals surface area (Å²) < 4.78 is 11.3. The van der Waals surface area contributed by atoms with Gasteiger partial charge in [0.2, 0.25) is 0 Å². The topological polar surface area (TPSA) is 73.3 Å². The molecule has 3 heterocycles. The number of hydrogen-bond donors (Lipinski definition) is 1. The van der Waals surface area contributed by atoms with Gasteiger partial charge in [-0.05, 0) is 42.5 Å². The molecule has 0 spiro atoms. The SMILES string of the molecule is O=C(Nc1ccccn1)c1cc(-c2ccc3c(c2)OCCO3)nc2ccccc12. The van der Waals surface area contributed by atoms with Gasteiger partial charge in [-0.15, -0.1) is 0 Å². The van der Waals surface area contributed by atoms with Gasteiger partial charge in [-0.25, -0.2) is 9.97 Å². The van der Waals surface area contributed by atoms with Crippen molar-refractivity contribution < 1.29 is 14.3 Å². The van der Waals surface area contributed by atoms with Gasteiger partial charge in [-0.1, -0.05) is 24.3 Å². The number of ether oxygens (including phenoxy) is 2. The molecule has 0 saturated carbocycles. The third-order valence-electron chi connectivity index (χ3n) is 4.71. The van der Waals surface area contributed by atoms with Crippen LogP contribution in [0.25, 0.3) is 22.2 Å². The highest BCUT2D eigenvalue weighted by atomic mass is 16.6. The van der Waals surface area contributed by atoms with E-state index in [1.165, 1.54) is 0 Å². The van der Waals surface area contributed by atoms with Crippen LogP contribution in [0.4, 0.5) is 5.82 Å². The molecule has 2 aromatic heterocycles. The second-order valence-electron chi connectivity index (χ2n) is 6.60. The highest BCUT2D eigenvalue weighted by Crippen LogP contribution is 2.35. The van der Waals surface area contributed by atoms with Crippen LogP contribution in [-0.4, -0.2) is 29.1 Å². The van der Waals surface area contributed by atoms with Gasteiger partial charge >= 0.3 is 0 Å². The lowest BCUT2D eigenvalue weighted by molar-refractivity contribution is 0.102. The van der Waals surface area contributed by atoms with Gasteiger partial charge in [0.25, 0.3) is 5.91 Å². The lowest BCUT2D eigenvalue weighted by atomic mass is 10.0. The summed E-state index contributed by atoms with van der Waals surface area (Å²) in [4.78, 5) is 21.9. The fourth-order valence-corrected chi connectivity index (χ4v) is 3.33. The molecular weight excluding hydrogens is 366 g/mol. The van der Waals surface area contributed by atoms with Crippen molar-refractivity contribution in [3.05, 3.63) is 78.5 Å². The second-order valence-corrected chi connectivity index (χ2v) is 6.60. The number of anilines is 1. The molecule has 2 aromatic carbocycles. The van der Waals surface area contributed by atoms with E-state index in [1.54, 1.807) is 24.4 Å². The number of fused-ring (bicyclic) bond motifs is 2. The first kappa shape index (κ1) is 17.2. The Morgan fingerprint density at radius 3 is 2.59 bits per heavy atom. The number of rotatable bonds is 3. The van der Waals surface area contributed by atoms with Crippen molar-refractivity contribution in [2.24, 2.45) is 0 Å². The fraction of sp³-hybridized carbons (Fsp3) is 0.0870. The summed E-state index contributed by atoms with van der Waals surface area (Å²) in [6.07, 6.45) is 1.64. The molecule has 0 radical (unpaired) electrons. The van der Waals surface area contributed by atoms with Crippen LogP contribution in [0.3, 0.4) is 0 Å². The smallest absolute Gasteiger partial charge is 0.257 e. The van der Waals surface area contributed by atoms with Crippen molar-refractivity contribution in [2.75, 3.05) is 18.5 Å². The number of pyridine rings is 2.